The van der Waals surface area contributed by atoms with Gasteiger partial charge in [-0.25, -0.2) is 9.97 Å². The number of benzene rings is 1. The summed E-state index contributed by atoms with van der Waals surface area (Å²) >= 11 is 1.40. The van der Waals surface area contributed by atoms with Gasteiger partial charge in [-0.15, -0.1) is 11.3 Å². The van der Waals surface area contributed by atoms with E-state index >= 15 is 0 Å². The average Bonchev–Trinajstić information content (AvgIpc) is 3.48. The third-order valence-corrected chi connectivity index (χ3v) is 6.13. The van der Waals surface area contributed by atoms with Crippen LogP contribution in [0, 0.1) is 0 Å². The molecule has 6 nitrogen and oxygen atoms in total. The van der Waals surface area contributed by atoms with Crippen molar-refractivity contribution in [3.8, 4) is 11.4 Å². The van der Waals surface area contributed by atoms with E-state index in [-0.39, 0.29) is 5.56 Å². The van der Waals surface area contributed by atoms with Gasteiger partial charge in [-0.3, -0.25) is 9.36 Å². The second kappa shape index (κ2) is 6.06. The first-order valence-corrected chi connectivity index (χ1v) is 9.68. The number of anilines is 1. The fourth-order valence-corrected chi connectivity index (χ4v) is 4.55. The average molecular weight is 378 g/mol. The molecule has 3 heterocycles. The highest BCUT2D eigenvalue weighted by atomic mass is 32.1. The maximum Gasteiger partial charge on any atom is 0.275 e. The molecule has 0 radical (unpaired) electrons. The molecule has 27 heavy (non-hydrogen) atoms. The largest absolute Gasteiger partial charge is 0.497 e. The van der Waals surface area contributed by atoms with Crippen LogP contribution in [0.15, 0.2) is 41.6 Å². The Morgan fingerprint density at radius 1 is 1.22 bits per heavy atom. The number of rotatable bonds is 4. The minimum Gasteiger partial charge on any atom is -0.497 e. The third kappa shape index (κ3) is 2.49. The molecule has 1 saturated carbocycles. The zero-order chi connectivity index (χ0) is 18.5. The van der Waals surface area contributed by atoms with Crippen LogP contribution >= 0.6 is 11.3 Å². The van der Waals surface area contributed by atoms with Crippen LogP contribution in [0.2, 0.25) is 0 Å². The number of aromatic nitrogens is 3. The lowest BCUT2D eigenvalue weighted by Crippen LogP contribution is -2.17. The molecule has 0 spiro atoms. The first-order chi connectivity index (χ1) is 13.2. The van der Waals surface area contributed by atoms with Crippen molar-refractivity contribution in [2.45, 2.75) is 18.8 Å². The van der Waals surface area contributed by atoms with Crippen LogP contribution in [0.25, 0.3) is 26.1 Å². The Bertz CT molecular complexity index is 1220. The molecule has 0 saturated heterocycles. The summed E-state index contributed by atoms with van der Waals surface area (Å²) in [7, 11) is 3.54. The molecule has 5 rings (SSSR count). The van der Waals surface area contributed by atoms with E-state index in [2.05, 4.69) is 15.3 Å². The van der Waals surface area contributed by atoms with Gasteiger partial charge in [0.1, 0.15) is 27.1 Å². The van der Waals surface area contributed by atoms with Gasteiger partial charge in [-0.05, 0) is 48.6 Å². The van der Waals surface area contributed by atoms with E-state index < -0.39 is 0 Å². The molecule has 4 aromatic rings. The van der Waals surface area contributed by atoms with Gasteiger partial charge in [-0.1, -0.05) is 0 Å². The van der Waals surface area contributed by atoms with Crippen LogP contribution in [0.3, 0.4) is 0 Å². The molecule has 136 valence electrons. The highest BCUT2D eigenvalue weighted by molar-refractivity contribution is 7.25. The van der Waals surface area contributed by atoms with Crippen molar-refractivity contribution in [1.82, 2.24) is 14.5 Å². The Balaban J connectivity index is 1.75. The smallest absolute Gasteiger partial charge is 0.275 e. The van der Waals surface area contributed by atoms with Gasteiger partial charge < -0.3 is 10.1 Å². The van der Waals surface area contributed by atoms with Gasteiger partial charge in [0, 0.05) is 13.2 Å². The van der Waals surface area contributed by atoms with Crippen LogP contribution in [-0.2, 0) is 0 Å². The van der Waals surface area contributed by atoms with Crippen molar-refractivity contribution >= 4 is 37.5 Å². The predicted molar refractivity (Wildman–Crippen MR) is 109 cm³/mol. The Morgan fingerprint density at radius 2 is 2.00 bits per heavy atom. The van der Waals surface area contributed by atoms with E-state index in [1.165, 1.54) is 29.7 Å². The molecule has 1 N–H and O–H groups in total. The van der Waals surface area contributed by atoms with Gasteiger partial charge in [0.15, 0.2) is 0 Å². The zero-order valence-corrected chi connectivity index (χ0v) is 15.8. The summed E-state index contributed by atoms with van der Waals surface area (Å²) in [6.07, 6.45) is 5.94. The Kier molecular flexibility index (Phi) is 3.65. The van der Waals surface area contributed by atoms with Crippen LogP contribution in [0.5, 0.6) is 5.75 Å². The maximum atomic E-state index is 13.1. The summed E-state index contributed by atoms with van der Waals surface area (Å²) in [5.41, 5.74) is 3.69. The standard InChI is InChI=1S/C20H18N4O2S/c1-21-16-14(11-3-4-11)9-22-19-15(16)17-18(27-19)20(25)24(10-23-17)12-5-7-13(26-2)8-6-12/h5-11H,3-4H2,1-2H3,(H,21,22). The third-order valence-electron chi connectivity index (χ3n) is 5.06. The number of ether oxygens (including phenoxy) is 1. The van der Waals surface area contributed by atoms with E-state index in [9.17, 15) is 4.79 Å². The number of nitrogens with one attached hydrogen (secondary N) is 1. The number of fused-ring (bicyclic) bond motifs is 3. The SMILES string of the molecule is CNc1c(C2CC2)cnc2sc3c(=O)n(-c4ccc(OC)cc4)cnc3c12. The Labute approximate surface area is 159 Å². The molecule has 7 heteroatoms. The Hall–Kier alpha value is -2.93. The summed E-state index contributed by atoms with van der Waals surface area (Å²) in [5.74, 6) is 1.32. The molecule has 0 aliphatic heterocycles. The van der Waals surface area contributed by atoms with Gasteiger partial charge in [-0.2, -0.15) is 0 Å². The molecular weight excluding hydrogens is 360 g/mol. The molecule has 3 aromatic heterocycles. The highest BCUT2D eigenvalue weighted by Gasteiger charge is 2.28. The fourth-order valence-electron chi connectivity index (χ4n) is 3.51. The highest BCUT2D eigenvalue weighted by Crippen LogP contribution is 2.46. The molecule has 1 aromatic carbocycles. The van der Waals surface area contributed by atoms with E-state index in [1.54, 1.807) is 18.0 Å². The summed E-state index contributed by atoms with van der Waals surface area (Å²) < 4.78 is 7.38. The van der Waals surface area contributed by atoms with Crippen molar-refractivity contribution in [2.24, 2.45) is 0 Å². The molecular formula is C20H18N4O2S. The monoisotopic (exact) mass is 378 g/mol. The van der Waals surface area contributed by atoms with E-state index in [4.69, 9.17) is 4.74 Å². The van der Waals surface area contributed by atoms with E-state index in [1.807, 2.05) is 37.5 Å². The number of hydrogen-bond donors (Lipinski definition) is 1. The van der Waals surface area contributed by atoms with Gasteiger partial charge in [0.05, 0.1) is 23.9 Å². The summed E-state index contributed by atoms with van der Waals surface area (Å²) in [5, 5.41) is 4.28. The van der Waals surface area contributed by atoms with Crippen molar-refractivity contribution in [1.29, 1.82) is 0 Å². The van der Waals surface area contributed by atoms with Crippen molar-refractivity contribution in [3.05, 3.63) is 52.7 Å². The Morgan fingerprint density at radius 3 is 2.67 bits per heavy atom. The summed E-state index contributed by atoms with van der Waals surface area (Å²) in [6.45, 7) is 0. The molecule has 0 bridgehead atoms. The van der Waals surface area contributed by atoms with Gasteiger partial charge in [0.2, 0.25) is 0 Å². The second-order valence-corrected chi connectivity index (χ2v) is 7.69. The lowest BCUT2D eigenvalue weighted by Gasteiger charge is -2.09. The van der Waals surface area contributed by atoms with E-state index in [0.29, 0.717) is 10.6 Å². The van der Waals surface area contributed by atoms with Crippen LogP contribution in [0.1, 0.15) is 24.3 Å². The topological polar surface area (TPSA) is 69.0 Å². The number of hydrogen-bond acceptors (Lipinski definition) is 6. The van der Waals surface area contributed by atoms with Crippen molar-refractivity contribution < 1.29 is 4.74 Å². The lowest BCUT2D eigenvalue weighted by molar-refractivity contribution is 0.414. The normalized spacial score (nSPS) is 14.0. The molecule has 1 aliphatic rings. The molecule has 0 unspecified atom stereocenters. The molecule has 1 aliphatic carbocycles. The van der Waals surface area contributed by atoms with E-state index in [0.717, 1.165) is 32.9 Å². The first kappa shape index (κ1) is 16.3. The fraction of sp³-hybridized carbons (Fsp3) is 0.250. The van der Waals surface area contributed by atoms with Crippen LogP contribution in [-0.4, -0.2) is 28.7 Å². The van der Waals surface area contributed by atoms with Crippen LogP contribution < -0.4 is 15.6 Å². The molecule has 0 amide bonds. The molecule has 1 fully saturated rings. The quantitative estimate of drug-likeness (QED) is 0.583. The number of pyridine rings is 1. The first-order valence-electron chi connectivity index (χ1n) is 8.86. The van der Waals surface area contributed by atoms with Crippen molar-refractivity contribution in [3.63, 3.8) is 0 Å². The zero-order valence-electron chi connectivity index (χ0n) is 15.0. The lowest BCUT2D eigenvalue weighted by atomic mass is 10.1. The molecule has 0 atom stereocenters. The predicted octanol–water partition coefficient (Wildman–Crippen LogP) is 3.92. The maximum absolute atomic E-state index is 13.1. The van der Waals surface area contributed by atoms with Gasteiger partial charge >= 0.3 is 0 Å². The summed E-state index contributed by atoms with van der Waals surface area (Å²) in [6, 6.07) is 7.37. The minimum atomic E-state index is -0.0804. The second-order valence-electron chi connectivity index (χ2n) is 6.69. The number of methoxy groups -OCH3 is 1. The van der Waals surface area contributed by atoms with Crippen LogP contribution in [0.4, 0.5) is 5.69 Å². The number of thiophene rings is 1. The van der Waals surface area contributed by atoms with Gasteiger partial charge in [0.25, 0.3) is 5.56 Å². The number of nitrogens with zero attached hydrogens (tertiary/aromatic N) is 3. The van der Waals surface area contributed by atoms with Crippen molar-refractivity contribution in [2.75, 3.05) is 19.5 Å². The minimum absolute atomic E-state index is 0.0804. The summed E-state index contributed by atoms with van der Waals surface area (Å²) in [4.78, 5) is 23.3.